The molecule has 2 fully saturated rings. The Morgan fingerprint density at radius 3 is 2.93 bits per heavy atom. The van der Waals surface area contributed by atoms with Crippen molar-refractivity contribution in [1.82, 2.24) is 0 Å². The molecule has 0 N–H and O–H groups in total. The predicted octanol–water partition coefficient (Wildman–Crippen LogP) is 2.00. The molecule has 0 bridgehead atoms. The Bertz CT molecular complexity index is 260. The Balaban J connectivity index is 2.13. The molecule has 1 saturated heterocycles. The predicted molar refractivity (Wildman–Crippen MR) is 56.4 cm³/mol. The van der Waals surface area contributed by atoms with E-state index in [1.807, 2.05) is 6.92 Å². The molecule has 15 heavy (non-hydrogen) atoms. The molecular weight excluding hydrogens is 192 g/mol. The van der Waals surface area contributed by atoms with Crippen LogP contribution < -0.4 is 0 Å². The number of rotatable bonds is 2. The van der Waals surface area contributed by atoms with E-state index in [2.05, 4.69) is 13.8 Å². The fourth-order valence-electron chi connectivity index (χ4n) is 2.99. The molecule has 1 aliphatic carbocycles. The van der Waals surface area contributed by atoms with Crippen LogP contribution in [0.1, 0.15) is 33.6 Å². The maximum atomic E-state index is 11.7. The molecule has 0 unspecified atom stereocenters. The number of carbonyl (C=O) groups excluding carboxylic acids is 1. The second kappa shape index (κ2) is 3.87. The fourth-order valence-corrected chi connectivity index (χ4v) is 2.99. The number of carbonyl (C=O) groups is 1. The highest BCUT2D eigenvalue weighted by atomic mass is 16.7. The Hall–Kier alpha value is -0.410. The van der Waals surface area contributed by atoms with Crippen LogP contribution in [0, 0.1) is 17.3 Å². The van der Waals surface area contributed by atoms with E-state index in [0.717, 1.165) is 6.61 Å². The molecule has 1 aliphatic heterocycles. The van der Waals surface area contributed by atoms with Gasteiger partial charge >= 0.3 is 0 Å². The molecule has 1 saturated carbocycles. The van der Waals surface area contributed by atoms with Gasteiger partial charge in [0.05, 0.1) is 6.61 Å². The van der Waals surface area contributed by atoms with Gasteiger partial charge in [-0.3, -0.25) is 4.79 Å². The summed E-state index contributed by atoms with van der Waals surface area (Å²) in [5, 5.41) is 0. The van der Waals surface area contributed by atoms with Crippen LogP contribution in [-0.4, -0.2) is 25.3 Å². The van der Waals surface area contributed by atoms with Crippen LogP contribution in [0.15, 0.2) is 0 Å². The van der Waals surface area contributed by atoms with Gasteiger partial charge in [0.1, 0.15) is 5.78 Å². The van der Waals surface area contributed by atoms with Gasteiger partial charge in [0.2, 0.25) is 0 Å². The molecule has 3 heteroatoms. The van der Waals surface area contributed by atoms with E-state index in [0.29, 0.717) is 31.1 Å². The monoisotopic (exact) mass is 212 g/mol. The number of hydrogen-bond donors (Lipinski definition) is 0. The minimum absolute atomic E-state index is 0.0752. The largest absolute Gasteiger partial charge is 0.353 e. The quantitative estimate of drug-likeness (QED) is 0.702. The van der Waals surface area contributed by atoms with Crippen molar-refractivity contribution >= 4 is 5.78 Å². The Labute approximate surface area is 91.1 Å². The maximum Gasteiger partial charge on any atom is 0.161 e. The lowest BCUT2D eigenvalue weighted by molar-refractivity contribution is -0.142. The first-order valence-corrected chi connectivity index (χ1v) is 5.79. The van der Waals surface area contributed by atoms with Crippen molar-refractivity contribution in [3.05, 3.63) is 0 Å². The molecule has 2 rings (SSSR count). The molecule has 3 atom stereocenters. The molecular formula is C12H20O3. The van der Waals surface area contributed by atoms with Crippen molar-refractivity contribution in [1.29, 1.82) is 0 Å². The van der Waals surface area contributed by atoms with Crippen molar-refractivity contribution in [2.24, 2.45) is 17.3 Å². The van der Waals surface area contributed by atoms with E-state index in [1.165, 1.54) is 0 Å². The lowest BCUT2D eigenvalue weighted by Gasteiger charge is -2.39. The molecule has 1 heterocycles. The van der Waals surface area contributed by atoms with E-state index in [4.69, 9.17) is 9.47 Å². The highest BCUT2D eigenvalue weighted by molar-refractivity contribution is 5.80. The van der Waals surface area contributed by atoms with Crippen LogP contribution in [-0.2, 0) is 14.3 Å². The summed E-state index contributed by atoms with van der Waals surface area (Å²) in [4.78, 5) is 11.7. The number of ether oxygens (including phenoxy) is 2. The van der Waals surface area contributed by atoms with Gasteiger partial charge in [0, 0.05) is 25.4 Å². The van der Waals surface area contributed by atoms with Gasteiger partial charge in [-0.25, -0.2) is 0 Å². The second-order valence-electron chi connectivity index (χ2n) is 5.34. The number of ketones is 1. The third kappa shape index (κ3) is 1.95. The first kappa shape index (κ1) is 11.1. The minimum Gasteiger partial charge on any atom is -0.353 e. The zero-order valence-corrected chi connectivity index (χ0v) is 9.79. The third-order valence-electron chi connectivity index (χ3n) is 3.76. The molecule has 3 nitrogen and oxygen atoms in total. The normalized spacial score (nSPS) is 39.1. The Morgan fingerprint density at radius 2 is 2.27 bits per heavy atom. The summed E-state index contributed by atoms with van der Waals surface area (Å²) in [5.41, 5.74) is 0.0752. The van der Waals surface area contributed by atoms with Crippen LogP contribution in [0.3, 0.4) is 0 Å². The molecule has 0 radical (unpaired) electrons. The number of Topliss-reactive ketones (excluding diaryl/α,β-unsaturated/α-hetero) is 1. The molecule has 0 aromatic carbocycles. The first-order chi connectivity index (χ1) is 7.04. The van der Waals surface area contributed by atoms with Crippen LogP contribution in [0.2, 0.25) is 0 Å². The highest BCUT2D eigenvalue weighted by Gasteiger charge is 2.50. The van der Waals surface area contributed by atoms with Crippen molar-refractivity contribution < 1.29 is 14.3 Å². The maximum absolute atomic E-state index is 11.7. The fraction of sp³-hybridized carbons (Fsp3) is 0.917. The minimum atomic E-state index is -0.150. The van der Waals surface area contributed by atoms with Crippen molar-refractivity contribution in [2.75, 3.05) is 13.2 Å². The zero-order chi connectivity index (χ0) is 11.1. The summed E-state index contributed by atoms with van der Waals surface area (Å²) in [6.45, 7) is 7.70. The average molecular weight is 212 g/mol. The van der Waals surface area contributed by atoms with Crippen molar-refractivity contribution in [2.45, 2.75) is 39.9 Å². The lowest BCUT2D eigenvalue weighted by Crippen LogP contribution is -2.40. The summed E-state index contributed by atoms with van der Waals surface area (Å²) in [6, 6.07) is 0. The van der Waals surface area contributed by atoms with Gasteiger partial charge in [0.25, 0.3) is 0 Å². The molecule has 0 aromatic rings. The van der Waals surface area contributed by atoms with Gasteiger partial charge in [-0.2, -0.15) is 0 Å². The summed E-state index contributed by atoms with van der Waals surface area (Å²) in [7, 11) is 0. The van der Waals surface area contributed by atoms with Crippen LogP contribution >= 0.6 is 0 Å². The third-order valence-corrected chi connectivity index (χ3v) is 3.76. The topological polar surface area (TPSA) is 35.5 Å². The molecule has 86 valence electrons. The van der Waals surface area contributed by atoms with E-state index < -0.39 is 0 Å². The SMILES string of the molecule is CCO[C@@H]1OC[C@H]2[C@@H]1CC(=O)CC2(C)C. The summed E-state index contributed by atoms with van der Waals surface area (Å²) in [5.74, 6) is 1.12. The van der Waals surface area contributed by atoms with E-state index in [1.54, 1.807) is 0 Å². The lowest BCUT2D eigenvalue weighted by atomic mass is 9.64. The second-order valence-corrected chi connectivity index (χ2v) is 5.34. The standard InChI is InChI=1S/C12H20O3/c1-4-14-11-9-5-8(13)6-12(2,3)10(9)7-15-11/h9-11H,4-7H2,1-3H3/t9-,10-,11+/m0/s1. The van der Waals surface area contributed by atoms with Gasteiger partial charge in [-0.05, 0) is 18.3 Å². The van der Waals surface area contributed by atoms with Crippen LogP contribution in [0.4, 0.5) is 0 Å². The Morgan fingerprint density at radius 1 is 1.53 bits per heavy atom. The number of fused-ring (bicyclic) bond motifs is 1. The average Bonchev–Trinajstić information content (AvgIpc) is 2.48. The first-order valence-electron chi connectivity index (χ1n) is 5.79. The van der Waals surface area contributed by atoms with E-state index in [-0.39, 0.29) is 17.6 Å². The molecule has 0 aromatic heterocycles. The van der Waals surface area contributed by atoms with Crippen LogP contribution in [0.5, 0.6) is 0 Å². The molecule has 0 spiro atoms. The summed E-state index contributed by atoms with van der Waals surface area (Å²) >= 11 is 0. The van der Waals surface area contributed by atoms with Gasteiger partial charge in [-0.1, -0.05) is 13.8 Å². The summed E-state index contributed by atoms with van der Waals surface area (Å²) < 4.78 is 11.2. The van der Waals surface area contributed by atoms with Crippen molar-refractivity contribution in [3.8, 4) is 0 Å². The van der Waals surface area contributed by atoms with Gasteiger partial charge in [-0.15, -0.1) is 0 Å². The van der Waals surface area contributed by atoms with E-state index >= 15 is 0 Å². The number of hydrogen-bond acceptors (Lipinski definition) is 3. The van der Waals surface area contributed by atoms with Gasteiger partial charge in [0.15, 0.2) is 6.29 Å². The highest BCUT2D eigenvalue weighted by Crippen LogP contribution is 2.48. The summed E-state index contributed by atoms with van der Waals surface area (Å²) in [6.07, 6.45) is 1.18. The van der Waals surface area contributed by atoms with Gasteiger partial charge < -0.3 is 9.47 Å². The van der Waals surface area contributed by atoms with Crippen molar-refractivity contribution in [3.63, 3.8) is 0 Å². The molecule has 0 amide bonds. The smallest absolute Gasteiger partial charge is 0.161 e. The Kier molecular flexibility index (Phi) is 2.86. The van der Waals surface area contributed by atoms with E-state index in [9.17, 15) is 4.79 Å². The van der Waals surface area contributed by atoms with Crippen LogP contribution in [0.25, 0.3) is 0 Å². The molecule has 2 aliphatic rings. The zero-order valence-electron chi connectivity index (χ0n) is 9.79.